The molecule has 120 valence electrons. The Balaban J connectivity index is 1.63. The van der Waals surface area contributed by atoms with Gasteiger partial charge in [0.25, 0.3) is 0 Å². The summed E-state index contributed by atoms with van der Waals surface area (Å²) in [5.74, 6) is 1.75. The van der Waals surface area contributed by atoms with E-state index < -0.39 is 0 Å². The number of piperidine rings is 1. The van der Waals surface area contributed by atoms with Gasteiger partial charge in [0.05, 0.1) is 39.0 Å². The van der Waals surface area contributed by atoms with Crippen molar-refractivity contribution in [2.24, 2.45) is 0 Å². The molecule has 2 heterocycles. The van der Waals surface area contributed by atoms with E-state index >= 15 is 0 Å². The zero-order chi connectivity index (χ0) is 15.4. The van der Waals surface area contributed by atoms with Crippen molar-refractivity contribution >= 4 is 17.7 Å². The zero-order valence-corrected chi connectivity index (χ0v) is 14.0. The largest absolute Gasteiger partial charge is 0.497 e. The summed E-state index contributed by atoms with van der Waals surface area (Å²) in [5.41, 5.74) is 1.20. The van der Waals surface area contributed by atoms with Crippen molar-refractivity contribution in [3.63, 3.8) is 0 Å². The lowest BCUT2D eigenvalue weighted by atomic mass is 10.1. The molecule has 1 amide bonds. The van der Waals surface area contributed by atoms with Crippen LogP contribution in [-0.2, 0) is 4.79 Å². The van der Waals surface area contributed by atoms with Crippen LogP contribution in [0.4, 0.5) is 0 Å². The van der Waals surface area contributed by atoms with Gasteiger partial charge < -0.3 is 14.5 Å². The van der Waals surface area contributed by atoms with E-state index in [1.807, 2.05) is 12.1 Å². The average Bonchev–Trinajstić information content (AvgIpc) is 2.95. The van der Waals surface area contributed by atoms with Gasteiger partial charge in [0, 0.05) is 0 Å². The molecule has 0 saturated carbocycles. The Morgan fingerprint density at radius 1 is 1.23 bits per heavy atom. The molecule has 2 fully saturated rings. The van der Waals surface area contributed by atoms with Gasteiger partial charge in [-0.05, 0) is 37.0 Å². The third kappa shape index (κ3) is 3.58. The highest BCUT2D eigenvalue weighted by atomic mass is 32.2. The second kappa shape index (κ2) is 7.38. The number of nitrogens with one attached hydrogen (secondary N) is 1. The van der Waals surface area contributed by atoms with Crippen molar-refractivity contribution in [2.45, 2.75) is 24.6 Å². The predicted octanol–water partition coefficient (Wildman–Crippen LogP) is 1.34. The highest BCUT2D eigenvalue weighted by Crippen LogP contribution is 2.38. The number of nitrogens with zero attached hydrogens (tertiary/aromatic N) is 1. The molecule has 1 N–H and O–H groups in total. The highest BCUT2D eigenvalue weighted by molar-refractivity contribution is 8.00. The van der Waals surface area contributed by atoms with E-state index in [2.05, 4.69) is 17.0 Å². The van der Waals surface area contributed by atoms with Crippen LogP contribution in [0.15, 0.2) is 24.3 Å². The summed E-state index contributed by atoms with van der Waals surface area (Å²) in [6.07, 6.45) is 4.04. The number of carbonyl (C=O) groups excluding carboxylic acids is 1. The normalized spacial score (nSPS) is 23.0. The molecule has 0 aliphatic carbocycles. The number of carbonyl (C=O) groups is 1. The van der Waals surface area contributed by atoms with Crippen molar-refractivity contribution in [2.75, 3.05) is 39.0 Å². The SMILES string of the molecule is COc1ccc([C@@H]2SCC(=O)N2CC[NH+]2CCCCC2)cc1. The van der Waals surface area contributed by atoms with Crippen molar-refractivity contribution in [1.82, 2.24) is 4.90 Å². The van der Waals surface area contributed by atoms with Crippen LogP contribution in [-0.4, -0.2) is 49.8 Å². The number of hydrogen-bond donors (Lipinski definition) is 1. The van der Waals surface area contributed by atoms with Crippen LogP contribution >= 0.6 is 11.8 Å². The van der Waals surface area contributed by atoms with Crippen LogP contribution in [0.3, 0.4) is 0 Å². The second-order valence-corrected chi connectivity index (χ2v) is 7.15. The third-order valence-electron chi connectivity index (χ3n) is 4.64. The first kappa shape index (κ1) is 15.7. The molecule has 1 aromatic carbocycles. The van der Waals surface area contributed by atoms with E-state index in [0.29, 0.717) is 5.75 Å². The van der Waals surface area contributed by atoms with Gasteiger partial charge in [-0.1, -0.05) is 12.1 Å². The van der Waals surface area contributed by atoms with Crippen LogP contribution in [0.1, 0.15) is 30.2 Å². The van der Waals surface area contributed by atoms with E-state index in [9.17, 15) is 4.79 Å². The number of likely N-dealkylation sites (tertiary alicyclic amines) is 1. The summed E-state index contributed by atoms with van der Waals surface area (Å²) >= 11 is 1.74. The zero-order valence-electron chi connectivity index (χ0n) is 13.2. The third-order valence-corrected chi connectivity index (χ3v) is 5.89. The topological polar surface area (TPSA) is 34.0 Å². The van der Waals surface area contributed by atoms with E-state index in [-0.39, 0.29) is 11.3 Å². The molecule has 3 rings (SSSR count). The molecule has 22 heavy (non-hydrogen) atoms. The van der Waals surface area contributed by atoms with Gasteiger partial charge in [0.2, 0.25) is 5.91 Å². The standard InChI is InChI=1S/C17H24N2O2S/c1-21-15-7-5-14(6-8-15)17-19(16(20)13-22-17)12-11-18-9-3-2-4-10-18/h5-8,17H,2-4,9-13H2,1H3/p+1/t17-/m0/s1. The van der Waals surface area contributed by atoms with Crippen LogP contribution in [0.25, 0.3) is 0 Å². The molecular formula is C17H25N2O2S+. The minimum absolute atomic E-state index is 0.169. The molecule has 5 heteroatoms. The molecule has 0 aromatic heterocycles. The number of benzene rings is 1. The summed E-state index contributed by atoms with van der Waals surface area (Å²) in [6.45, 7) is 4.49. The maximum Gasteiger partial charge on any atom is 0.234 e. The lowest BCUT2D eigenvalue weighted by Crippen LogP contribution is -3.13. The van der Waals surface area contributed by atoms with Gasteiger partial charge >= 0.3 is 0 Å². The minimum atomic E-state index is 0.169. The Morgan fingerprint density at radius 2 is 1.95 bits per heavy atom. The fourth-order valence-corrected chi connectivity index (χ4v) is 4.54. The first-order valence-corrected chi connectivity index (χ1v) is 9.21. The van der Waals surface area contributed by atoms with Crippen molar-refractivity contribution in [3.8, 4) is 5.75 Å². The maximum absolute atomic E-state index is 12.2. The summed E-state index contributed by atoms with van der Waals surface area (Å²) in [4.78, 5) is 15.9. The minimum Gasteiger partial charge on any atom is -0.497 e. The number of ether oxygens (including phenoxy) is 1. The molecule has 0 radical (unpaired) electrons. The Morgan fingerprint density at radius 3 is 2.64 bits per heavy atom. The molecule has 0 bridgehead atoms. The molecule has 0 unspecified atom stereocenters. The Labute approximate surface area is 136 Å². The van der Waals surface area contributed by atoms with Crippen LogP contribution in [0, 0.1) is 0 Å². The lowest BCUT2D eigenvalue weighted by Gasteiger charge is -2.28. The molecule has 2 aliphatic heterocycles. The molecule has 4 nitrogen and oxygen atoms in total. The van der Waals surface area contributed by atoms with Gasteiger partial charge in [0.15, 0.2) is 0 Å². The van der Waals surface area contributed by atoms with Gasteiger partial charge in [-0.25, -0.2) is 0 Å². The number of rotatable bonds is 5. The predicted molar refractivity (Wildman–Crippen MR) is 89.3 cm³/mol. The first-order chi connectivity index (χ1) is 10.8. The van der Waals surface area contributed by atoms with Gasteiger partial charge in [0.1, 0.15) is 11.1 Å². The molecule has 2 saturated heterocycles. The van der Waals surface area contributed by atoms with E-state index in [0.717, 1.165) is 18.8 Å². The maximum atomic E-state index is 12.2. The van der Waals surface area contributed by atoms with E-state index in [1.165, 1.54) is 37.9 Å². The number of quaternary nitrogens is 1. The van der Waals surface area contributed by atoms with Crippen LogP contribution in [0.2, 0.25) is 0 Å². The molecule has 1 atom stereocenters. The quantitative estimate of drug-likeness (QED) is 0.889. The van der Waals surface area contributed by atoms with E-state index in [4.69, 9.17) is 4.74 Å². The van der Waals surface area contributed by atoms with Gasteiger partial charge in [-0.3, -0.25) is 4.79 Å². The Bertz CT molecular complexity index is 500. The second-order valence-electron chi connectivity index (χ2n) is 6.08. The molecule has 0 spiro atoms. The molecular weight excluding hydrogens is 296 g/mol. The number of methoxy groups -OCH3 is 1. The van der Waals surface area contributed by atoms with Gasteiger partial charge in [-0.2, -0.15) is 0 Å². The molecule has 2 aliphatic rings. The van der Waals surface area contributed by atoms with Crippen molar-refractivity contribution < 1.29 is 14.4 Å². The number of hydrogen-bond acceptors (Lipinski definition) is 3. The Hall–Kier alpha value is -1.20. The Kier molecular flexibility index (Phi) is 5.26. The van der Waals surface area contributed by atoms with Gasteiger partial charge in [-0.15, -0.1) is 11.8 Å². The van der Waals surface area contributed by atoms with Crippen molar-refractivity contribution in [1.29, 1.82) is 0 Å². The fraction of sp³-hybridized carbons (Fsp3) is 0.588. The highest BCUT2D eigenvalue weighted by Gasteiger charge is 2.33. The number of thioether (sulfide) groups is 1. The van der Waals surface area contributed by atoms with Crippen LogP contribution in [0.5, 0.6) is 5.75 Å². The average molecular weight is 321 g/mol. The summed E-state index contributed by atoms with van der Waals surface area (Å²) in [6, 6.07) is 8.12. The first-order valence-electron chi connectivity index (χ1n) is 8.16. The number of amides is 1. The molecule has 1 aromatic rings. The van der Waals surface area contributed by atoms with E-state index in [1.54, 1.807) is 23.8 Å². The van der Waals surface area contributed by atoms with Crippen molar-refractivity contribution in [3.05, 3.63) is 29.8 Å². The van der Waals surface area contributed by atoms with Crippen LogP contribution < -0.4 is 9.64 Å². The summed E-state index contributed by atoms with van der Waals surface area (Å²) in [7, 11) is 1.68. The fourth-order valence-electron chi connectivity index (χ4n) is 3.32. The monoisotopic (exact) mass is 321 g/mol. The summed E-state index contributed by atoms with van der Waals surface area (Å²) < 4.78 is 5.22. The smallest absolute Gasteiger partial charge is 0.234 e. The summed E-state index contributed by atoms with van der Waals surface area (Å²) in [5, 5.41) is 0.169. The lowest BCUT2D eigenvalue weighted by molar-refractivity contribution is -0.904.